The van der Waals surface area contributed by atoms with Crippen LogP contribution in [0, 0.1) is 6.92 Å². The summed E-state index contributed by atoms with van der Waals surface area (Å²) in [6.45, 7) is 3.53. The third kappa shape index (κ3) is 3.66. The van der Waals surface area contributed by atoms with Crippen molar-refractivity contribution < 1.29 is 0 Å². The Hall–Kier alpha value is -1.16. The highest BCUT2D eigenvalue weighted by Crippen LogP contribution is 2.16. The van der Waals surface area contributed by atoms with Crippen molar-refractivity contribution in [3.8, 4) is 0 Å². The van der Waals surface area contributed by atoms with Crippen LogP contribution in [0.3, 0.4) is 0 Å². The Bertz CT molecular complexity index is 407. The maximum atomic E-state index is 11.5. The lowest BCUT2D eigenvalue weighted by molar-refractivity contribution is 0.366. The van der Waals surface area contributed by atoms with Gasteiger partial charge in [-0.3, -0.25) is 4.57 Å². The second-order valence-corrected chi connectivity index (χ2v) is 4.90. The minimum Gasteiger partial charge on any atom is -0.312 e. The summed E-state index contributed by atoms with van der Waals surface area (Å²) >= 11 is 0. The zero-order valence-corrected chi connectivity index (χ0v) is 10.5. The molecule has 0 aromatic carbocycles. The van der Waals surface area contributed by atoms with E-state index in [2.05, 4.69) is 10.3 Å². The molecule has 0 unspecified atom stereocenters. The maximum Gasteiger partial charge on any atom is 0.347 e. The van der Waals surface area contributed by atoms with Gasteiger partial charge in [-0.05, 0) is 25.3 Å². The van der Waals surface area contributed by atoms with Crippen LogP contribution in [-0.2, 0) is 6.54 Å². The molecule has 0 amide bonds. The van der Waals surface area contributed by atoms with Gasteiger partial charge in [-0.2, -0.15) is 0 Å². The van der Waals surface area contributed by atoms with Gasteiger partial charge in [0, 0.05) is 31.5 Å². The monoisotopic (exact) mass is 235 g/mol. The first-order valence-corrected chi connectivity index (χ1v) is 6.52. The van der Waals surface area contributed by atoms with Gasteiger partial charge >= 0.3 is 5.69 Å². The average Bonchev–Trinajstić information content (AvgIpc) is 2.35. The molecule has 0 aliphatic heterocycles. The molecule has 0 bridgehead atoms. The molecule has 1 aromatic rings. The zero-order valence-electron chi connectivity index (χ0n) is 10.5. The first-order chi connectivity index (χ1) is 8.25. The Morgan fingerprint density at radius 3 is 2.94 bits per heavy atom. The highest BCUT2D eigenvalue weighted by atomic mass is 16.1. The van der Waals surface area contributed by atoms with Gasteiger partial charge in [0.1, 0.15) is 0 Å². The first-order valence-electron chi connectivity index (χ1n) is 6.52. The number of hydrogen-bond donors (Lipinski definition) is 1. The molecule has 2 rings (SSSR count). The summed E-state index contributed by atoms with van der Waals surface area (Å²) in [5.74, 6) is 0. The van der Waals surface area contributed by atoms with Crippen LogP contribution in [-0.4, -0.2) is 22.1 Å². The maximum absolute atomic E-state index is 11.5. The summed E-state index contributed by atoms with van der Waals surface area (Å²) in [7, 11) is 0. The Kier molecular flexibility index (Phi) is 4.31. The summed E-state index contributed by atoms with van der Waals surface area (Å²) in [4.78, 5) is 15.3. The van der Waals surface area contributed by atoms with Crippen LogP contribution in [0.25, 0.3) is 0 Å². The highest BCUT2D eigenvalue weighted by molar-refractivity contribution is 4.99. The molecular formula is C13H21N3O. The molecule has 1 aromatic heterocycles. The van der Waals surface area contributed by atoms with Gasteiger partial charge in [0.15, 0.2) is 0 Å². The van der Waals surface area contributed by atoms with Gasteiger partial charge in [0.2, 0.25) is 0 Å². The lowest BCUT2D eigenvalue weighted by atomic mass is 9.95. The van der Waals surface area contributed by atoms with Crippen molar-refractivity contribution in [1.29, 1.82) is 0 Å². The Balaban J connectivity index is 1.81. The molecular weight excluding hydrogens is 214 g/mol. The van der Waals surface area contributed by atoms with E-state index in [0.717, 1.165) is 12.1 Å². The normalized spacial score (nSPS) is 17.2. The number of aromatic nitrogens is 2. The number of aryl methyl sites for hydroxylation is 1. The van der Waals surface area contributed by atoms with Crippen LogP contribution in [0.4, 0.5) is 0 Å². The van der Waals surface area contributed by atoms with Gasteiger partial charge in [-0.1, -0.05) is 19.3 Å². The number of nitrogens with one attached hydrogen (secondary N) is 1. The fourth-order valence-corrected chi connectivity index (χ4v) is 2.42. The number of nitrogens with zero attached hydrogens (tertiary/aromatic N) is 2. The SMILES string of the molecule is Cc1cnc(=O)n(CCNC2CCCCC2)c1. The molecule has 1 aliphatic rings. The lowest BCUT2D eigenvalue weighted by Gasteiger charge is -2.22. The fourth-order valence-electron chi connectivity index (χ4n) is 2.42. The Morgan fingerprint density at radius 1 is 1.41 bits per heavy atom. The van der Waals surface area contributed by atoms with Crippen molar-refractivity contribution in [2.75, 3.05) is 6.54 Å². The molecule has 1 saturated carbocycles. The lowest BCUT2D eigenvalue weighted by Crippen LogP contribution is -2.35. The molecule has 1 N–H and O–H groups in total. The van der Waals surface area contributed by atoms with E-state index in [1.165, 1.54) is 32.1 Å². The molecule has 0 radical (unpaired) electrons. The molecule has 4 heteroatoms. The predicted octanol–water partition coefficient (Wildman–Crippen LogP) is 1.47. The van der Waals surface area contributed by atoms with Crippen molar-refractivity contribution in [1.82, 2.24) is 14.9 Å². The van der Waals surface area contributed by atoms with E-state index in [1.807, 2.05) is 13.1 Å². The van der Waals surface area contributed by atoms with Crippen LogP contribution < -0.4 is 11.0 Å². The molecule has 1 fully saturated rings. The molecule has 0 atom stereocenters. The first kappa shape index (κ1) is 12.3. The fraction of sp³-hybridized carbons (Fsp3) is 0.692. The second kappa shape index (κ2) is 5.96. The Labute approximate surface area is 102 Å². The van der Waals surface area contributed by atoms with Crippen LogP contribution in [0.2, 0.25) is 0 Å². The summed E-state index contributed by atoms with van der Waals surface area (Å²) in [6.07, 6.45) is 10.1. The van der Waals surface area contributed by atoms with Crippen LogP contribution in [0.15, 0.2) is 17.2 Å². The minimum atomic E-state index is -0.152. The molecule has 94 valence electrons. The topological polar surface area (TPSA) is 46.9 Å². The summed E-state index contributed by atoms with van der Waals surface area (Å²) < 4.78 is 1.69. The van der Waals surface area contributed by atoms with E-state index in [4.69, 9.17) is 0 Å². The van der Waals surface area contributed by atoms with E-state index in [0.29, 0.717) is 12.6 Å². The zero-order chi connectivity index (χ0) is 12.1. The van der Waals surface area contributed by atoms with E-state index < -0.39 is 0 Å². The van der Waals surface area contributed by atoms with Gasteiger partial charge in [-0.15, -0.1) is 0 Å². The van der Waals surface area contributed by atoms with E-state index in [9.17, 15) is 4.79 Å². The predicted molar refractivity (Wildman–Crippen MR) is 68.1 cm³/mol. The molecule has 1 aliphatic carbocycles. The van der Waals surface area contributed by atoms with Gasteiger partial charge < -0.3 is 5.32 Å². The van der Waals surface area contributed by atoms with Gasteiger partial charge in [0.05, 0.1) is 0 Å². The summed E-state index contributed by atoms with van der Waals surface area (Å²) in [6, 6.07) is 0.650. The summed E-state index contributed by atoms with van der Waals surface area (Å²) in [5.41, 5.74) is 0.878. The van der Waals surface area contributed by atoms with E-state index in [1.54, 1.807) is 10.8 Å². The van der Waals surface area contributed by atoms with Crippen LogP contribution in [0.1, 0.15) is 37.7 Å². The van der Waals surface area contributed by atoms with Crippen molar-refractivity contribution >= 4 is 0 Å². The molecule has 17 heavy (non-hydrogen) atoms. The number of rotatable bonds is 4. The smallest absolute Gasteiger partial charge is 0.312 e. The quantitative estimate of drug-likeness (QED) is 0.859. The third-order valence-electron chi connectivity index (χ3n) is 3.37. The van der Waals surface area contributed by atoms with Gasteiger partial charge in [0.25, 0.3) is 0 Å². The van der Waals surface area contributed by atoms with Gasteiger partial charge in [-0.25, -0.2) is 9.78 Å². The highest BCUT2D eigenvalue weighted by Gasteiger charge is 2.11. The minimum absolute atomic E-state index is 0.152. The summed E-state index contributed by atoms with van der Waals surface area (Å²) in [5, 5.41) is 3.53. The second-order valence-electron chi connectivity index (χ2n) is 4.90. The standard InChI is InChI=1S/C13H21N3O/c1-11-9-15-13(17)16(10-11)8-7-14-12-5-3-2-4-6-12/h9-10,12,14H,2-8H2,1H3. The molecule has 1 heterocycles. The largest absolute Gasteiger partial charge is 0.347 e. The molecule has 0 saturated heterocycles. The van der Waals surface area contributed by atoms with Crippen molar-refractivity contribution in [3.05, 3.63) is 28.4 Å². The molecule has 0 spiro atoms. The average molecular weight is 235 g/mol. The van der Waals surface area contributed by atoms with Crippen molar-refractivity contribution in [2.24, 2.45) is 0 Å². The van der Waals surface area contributed by atoms with Crippen LogP contribution in [0.5, 0.6) is 0 Å². The Morgan fingerprint density at radius 2 is 2.18 bits per heavy atom. The molecule has 4 nitrogen and oxygen atoms in total. The third-order valence-corrected chi connectivity index (χ3v) is 3.37. The van der Waals surface area contributed by atoms with Crippen molar-refractivity contribution in [2.45, 2.75) is 51.6 Å². The van der Waals surface area contributed by atoms with Crippen LogP contribution >= 0.6 is 0 Å². The van der Waals surface area contributed by atoms with E-state index in [-0.39, 0.29) is 5.69 Å². The van der Waals surface area contributed by atoms with Crippen molar-refractivity contribution in [3.63, 3.8) is 0 Å². The number of hydrogen-bond acceptors (Lipinski definition) is 3. The van der Waals surface area contributed by atoms with E-state index >= 15 is 0 Å².